The van der Waals surface area contributed by atoms with Crippen LogP contribution < -0.4 is 11.5 Å². The maximum Gasteiger partial charge on any atom is 0.0668 e. The van der Waals surface area contributed by atoms with E-state index in [0.29, 0.717) is 5.92 Å². The van der Waals surface area contributed by atoms with Gasteiger partial charge in [-0.25, -0.2) is 0 Å². The van der Waals surface area contributed by atoms with Crippen molar-refractivity contribution in [3.63, 3.8) is 0 Å². The first-order chi connectivity index (χ1) is 6.63. The van der Waals surface area contributed by atoms with E-state index in [9.17, 15) is 0 Å². The van der Waals surface area contributed by atoms with E-state index >= 15 is 0 Å². The van der Waals surface area contributed by atoms with Crippen molar-refractivity contribution in [2.24, 2.45) is 29.2 Å². The van der Waals surface area contributed by atoms with Crippen LogP contribution in [0.5, 0.6) is 0 Å². The Morgan fingerprint density at radius 2 is 1.79 bits per heavy atom. The molecule has 0 amide bonds. The van der Waals surface area contributed by atoms with E-state index in [1.54, 1.807) is 0 Å². The minimum Gasteiger partial charge on any atom is -0.313 e. The Labute approximate surface area is 87.4 Å². The van der Waals surface area contributed by atoms with E-state index in [0.717, 1.165) is 24.7 Å². The standard InChI is InChI=1S/C12H24N2/c1-2-7-12(13,14)11-8-9-3-5-10(11)6-4-9/h9-11H,2-8,13-14H2,1H3. The summed E-state index contributed by atoms with van der Waals surface area (Å²) in [6.45, 7) is 2.18. The van der Waals surface area contributed by atoms with Crippen molar-refractivity contribution in [2.45, 2.75) is 57.5 Å². The van der Waals surface area contributed by atoms with Gasteiger partial charge in [-0.05, 0) is 43.4 Å². The molecule has 0 radical (unpaired) electrons. The average molecular weight is 196 g/mol. The zero-order valence-electron chi connectivity index (χ0n) is 9.34. The van der Waals surface area contributed by atoms with Crippen LogP contribution in [0, 0.1) is 17.8 Å². The van der Waals surface area contributed by atoms with Gasteiger partial charge in [0.15, 0.2) is 0 Å². The second-order valence-electron chi connectivity index (χ2n) is 5.49. The zero-order chi connectivity index (χ0) is 10.2. The first-order valence-electron chi connectivity index (χ1n) is 6.21. The van der Waals surface area contributed by atoms with Gasteiger partial charge >= 0.3 is 0 Å². The molecule has 2 bridgehead atoms. The molecule has 3 fully saturated rings. The summed E-state index contributed by atoms with van der Waals surface area (Å²) < 4.78 is 0. The molecule has 0 aliphatic heterocycles. The molecule has 0 saturated heterocycles. The van der Waals surface area contributed by atoms with E-state index in [-0.39, 0.29) is 5.66 Å². The Morgan fingerprint density at radius 1 is 1.14 bits per heavy atom. The molecule has 0 spiro atoms. The van der Waals surface area contributed by atoms with Crippen LogP contribution in [0.15, 0.2) is 0 Å². The molecule has 2 nitrogen and oxygen atoms in total. The lowest BCUT2D eigenvalue weighted by Crippen LogP contribution is -2.60. The second kappa shape index (κ2) is 3.82. The Kier molecular flexibility index (Phi) is 2.85. The van der Waals surface area contributed by atoms with Crippen LogP contribution in [-0.2, 0) is 0 Å². The highest BCUT2D eigenvalue weighted by Crippen LogP contribution is 2.47. The molecular weight excluding hydrogens is 172 g/mol. The molecule has 0 heterocycles. The third kappa shape index (κ3) is 1.82. The third-order valence-corrected chi connectivity index (χ3v) is 4.42. The van der Waals surface area contributed by atoms with Crippen molar-refractivity contribution >= 4 is 0 Å². The molecule has 3 aliphatic carbocycles. The molecule has 3 rings (SSSR count). The highest BCUT2D eigenvalue weighted by Gasteiger charge is 2.43. The fourth-order valence-electron chi connectivity index (χ4n) is 3.65. The van der Waals surface area contributed by atoms with Gasteiger partial charge < -0.3 is 11.5 Å². The van der Waals surface area contributed by atoms with E-state index < -0.39 is 0 Å². The second-order valence-corrected chi connectivity index (χ2v) is 5.49. The summed E-state index contributed by atoms with van der Waals surface area (Å²) in [7, 11) is 0. The van der Waals surface area contributed by atoms with Gasteiger partial charge in [-0.2, -0.15) is 0 Å². The molecule has 82 valence electrons. The lowest BCUT2D eigenvalue weighted by Gasteiger charge is -2.49. The number of hydrogen-bond donors (Lipinski definition) is 2. The molecule has 0 aromatic carbocycles. The van der Waals surface area contributed by atoms with E-state index in [1.165, 1.54) is 32.1 Å². The van der Waals surface area contributed by atoms with Crippen LogP contribution in [0.2, 0.25) is 0 Å². The number of rotatable bonds is 3. The van der Waals surface area contributed by atoms with Crippen molar-refractivity contribution in [2.75, 3.05) is 0 Å². The van der Waals surface area contributed by atoms with E-state index in [4.69, 9.17) is 11.5 Å². The summed E-state index contributed by atoms with van der Waals surface area (Å²) in [6.07, 6.45) is 9.04. The van der Waals surface area contributed by atoms with E-state index in [2.05, 4.69) is 6.92 Å². The molecule has 4 N–H and O–H groups in total. The van der Waals surface area contributed by atoms with Crippen LogP contribution in [0.3, 0.4) is 0 Å². The first kappa shape index (κ1) is 10.4. The predicted octanol–water partition coefficient (Wildman–Crippen LogP) is 2.23. The lowest BCUT2D eigenvalue weighted by atomic mass is 9.60. The van der Waals surface area contributed by atoms with Gasteiger partial charge in [0, 0.05) is 0 Å². The topological polar surface area (TPSA) is 52.0 Å². The number of nitrogens with two attached hydrogens (primary N) is 2. The van der Waals surface area contributed by atoms with Crippen LogP contribution in [0.25, 0.3) is 0 Å². The minimum absolute atomic E-state index is 0.376. The summed E-state index contributed by atoms with van der Waals surface area (Å²) in [6, 6.07) is 0. The zero-order valence-corrected chi connectivity index (χ0v) is 9.34. The van der Waals surface area contributed by atoms with Crippen molar-refractivity contribution in [3.05, 3.63) is 0 Å². The molecule has 3 aliphatic rings. The average Bonchev–Trinajstić information content (AvgIpc) is 2.19. The largest absolute Gasteiger partial charge is 0.313 e. The quantitative estimate of drug-likeness (QED) is 0.680. The van der Waals surface area contributed by atoms with Crippen LogP contribution in [0.4, 0.5) is 0 Å². The maximum absolute atomic E-state index is 6.27. The van der Waals surface area contributed by atoms with Gasteiger partial charge in [0.25, 0.3) is 0 Å². The Hall–Kier alpha value is -0.0800. The molecule has 0 aromatic heterocycles. The number of fused-ring (bicyclic) bond motifs is 3. The highest BCUT2D eigenvalue weighted by atomic mass is 15.0. The first-order valence-corrected chi connectivity index (χ1v) is 6.21. The van der Waals surface area contributed by atoms with Crippen LogP contribution in [-0.4, -0.2) is 5.66 Å². The third-order valence-electron chi connectivity index (χ3n) is 4.42. The van der Waals surface area contributed by atoms with Gasteiger partial charge in [-0.3, -0.25) is 0 Å². The normalized spacial score (nSPS) is 37.5. The van der Waals surface area contributed by atoms with Crippen molar-refractivity contribution in [3.8, 4) is 0 Å². The fraction of sp³-hybridized carbons (Fsp3) is 1.00. The SMILES string of the molecule is CCCC(N)(N)C1CC2CCC1CC2. The summed E-state index contributed by atoms with van der Waals surface area (Å²) in [5.74, 6) is 2.38. The lowest BCUT2D eigenvalue weighted by molar-refractivity contribution is 0.0392. The van der Waals surface area contributed by atoms with Gasteiger partial charge in [0.05, 0.1) is 5.66 Å². The monoisotopic (exact) mass is 196 g/mol. The van der Waals surface area contributed by atoms with Crippen molar-refractivity contribution < 1.29 is 0 Å². The van der Waals surface area contributed by atoms with Gasteiger partial charge in [-0.1, -0.05) is 26.2 Å². The Balaban J connectivity index is 2.03. The smallest absolute Gasteiger partial charge is 0.0668 e. The molecule has 1 atom stereocenters. The van der Waals surface area contributed by atoms with Crippen LogP contribution in [0.1, 0.15) is 51.9 Å². The van der Waals surface area contributed by atoms with Crippen LogP contribution >= 0.6 is 0 Å². The van der Waals surface area contributed by atoms with Gasteiger partial charge in [-0.15, -0.1) is 0 Å². The minimum atomic E-state index is -0.376. The Morgan fingerprint density at radius 3 is 2.21 bits per heavy atom. The van der Waals surface area contributed by atoms with Crippen molar-refractivity contribution in [1.82, 2.24) is 0 Å². The molecular formula is C12H24N2. The van der Waals surface area contributed by atoms with Gasteiger partial charge in [0.2, 0.25) is 0 Å². The summed E-state index contributed by atoms with van der Waals surface area (Å²) in [5, 5.41) is 0. The molecule has 2 heteroatoms. The number of hydrogen-bond acceptors (Lipinski definition) is 2. The molecule has 1 unspecified atom stereocenters. The summed E-state index contributed by atoms with van der Waals surface area (Å²) in [5.41, 5.74) is 12.2. The van der Waals surface area contributed by atoms with Crippen molar-refractivity contribution in [1.29, 1.82) is 0 Å². The highest BCUT2D eigenvalue weighted by molar-refractivity contribution is 4.96. The Bertz CT molecular complexity index is 192. The molecule has 0 aromatic rings. The molecule has 3 saturated carbocycles. The van der Waals surface area contributed by atoms with E-state index in [1.807, 2.05) is 0 Å². The summed E-state index contributed by atoms with van der Waals surface area (Å²) >= 11 is 0. The summed E-state index contributed by atoms with van der Waals surface area (Å²) in [4.78, 5) is 0. The van der Waals surface area contributed by atoms with Gasteiger partial charge in [0.1, 0.15) is 0 Å². The fourth-order valence-corrected chi connectivity index (χ4v) is 3.65. The maximum atomic E-state index is 6.27. The predicted molar refractivity (Wildman–Crippen MR) is 59.6 cm³/mol. The molecule has 14 heavy (non-hydrogen) atoms.